The molecule has 22 heavy (non-hydrogen) atoms. The van der Waals surface area contributed by atoms with Crippen LogP contribution in [0.15, 0.2) is 16.8 Å². The summed E-state index contributed by atoms with van der Waals surface area (Å²) >= 11 is 0. The van der Waals surface area contributed by atoms with Crippen LogP contribution in [0.2, 0.25) is 0 Å². The van der Waals surface area contributed by atoms with Gasteiger partial charge >= 0.3 is 11.9 Å². The van der Waals surface area contributed by atoms with Crippen molar-refractivity contribution in [3.05, 3.63) is 11.8 Å². The van der Waals surface area contributed by atoms with Gasteiger partial charge in [-0.25, -0.2) is 14.6 Å². The van der Waals surface area contributed by atoms with Gasteiger partial charge in [-0.05, 0) is 31.8 Å². The number of carbonyl (C=O) groups excluding carboxylic acids is 2. The summed E-state index contributed by atoms with van der Waals surface area (Å²) in [7, 11) is 0. The van der Waals surface area contributed by atoms with Gasteiger partial charge in [0.15, 0.2) is 0 Å². The van der Waals surface area contributed by atoms with E-state index in [9.17, 15) is 14.7 Å². The van der Waals surface area contributed by atoms with Gasteiger partial charge in [0.05, 0.1) is 19.3 Å². The third-order valence-electron chi connectivity index (χ3n) is 3.50. The smallest absolute Gasteiger partial charge is 0.356 e. The first-order valence-electron chi connectivity index (χ1n) is 7.79. The molecule has 0 aromatic heterocycles. The van der Waals surface area contributed by atoms with Gasteiger partial charge < -0.3 is 14.6 Å². The van der Waals surface area contributed by atoms with Gasteiger partial charge in [-0.1, -0.05) is 20.3 Å². The summed E-state index contributed by atoms with van der Waals surface area (Å²) in [5.41, 5.74) is 0.00810. The molecule has 0 saturated heterocycles. The number of esters is 2. The van der Waals surface area contributed by atoms with Crippen LogP contribution in [-0.2, 0) is 19.1 Å². The molecule has 0 fully saturated rings. The number of aliphatic imine (C=N–C) groups is 1. The van der Waals surface area contributed by atoms with E-state index in [1.807, 2.05) is 0 Å². The Morgan fingerprint density at radius 3 is 2.73 bits per heavy atom. The second-order valence-electron chi connectivity index (χ2n) is 5.39. The Morgan fingerprint density at radius 1 is 1.36 bits per heavy atom. The number of ether oxygens (including phenoxy) is 2. The van der Waals surface area contributed by atoms with E-state index in [1.165, 1.54) is 6.08 Å². The van der Waals surface area contributed by atoms with Crippen LogP contribution in [0.3, 0.4) is 0 Å². The maximum absolute atomic E-state index is 11.9. The molecule has 2 unspecified atom stereocenters. The lowest BCUT2D eigenvalue weighted by atomic mass is 10.0. The summed E-state index contributed by atoms with van der Waals surface area (Å²) in [6.07, 6.45) is 3.29. The highest BCUT2D eigenvalue weighted by molar-refractivity contribution is 6.37. The van der Waals surface area contributed by atoms with Gasteiger partial charge in [0.2, 0.25) is 0 Å². The Hall–Kier alpha value is -1.69. The fraction of sp³-hybridized carbons (Fsp3) is 0.688. The first-order valence-corrected chi connectivity index (χ1v) is 7.79. The minimum absolute atomic E-state index is 0.0367. The zero-order valence-electron chi connectivity index (χ0n) is 13.5. The number of rotatable bonds is 8. The van der Waals surface area contributed by atoms with Crippen LogP contribution in [0.25, 0.3) is 0 Å². The van der Waals surface area contributed by atoms with Crippen LogP contribution >= 0.6 is 0 Å². The van der Waals surface area contributed by atoms with Gasteiger partial charge in [0.1, 0.15) is 11.4 Å². The largest absolute Gasteiger partial charge is 0.462 e. The van der Waals surface area contributed by atoms with Crippen LogP contribution in [0.4, 0.5) is 0 Å². The second kappa shape index (κ2) is 9.35. The number of nitrogens with zero attached hydrogens (tertiary/aromatic N) is 1. The van der Waals surface area contributed by atoms with Crippen LogP contribution in [0.5, 0.6) is 0 Å². The zero-order chi connectivity index (χ0) is 16.5. The molecule has 1 heterocycles. The van der Waals surface area contributed by atoms with Gasteiger partial charge in [-0.15, -0.1) is 0 Å². The number of hydrogen-bond acceptors (Lipinski definition) is 6. The monoisotopic (exact) mass is 311 g/mol. The van der Waals surface area contributed by atoms with Gasteiger partial charge in [-0.3, -0.25) is 0 Å². The Labute approximate surface area is 131 Å². The molecule has 0 spiro atoms. The van der Waals surface area contributed by atoms with Crippen molar-refractivity contribution in [1.29, 1.82) is 0 Å². The zero-order valence-corrected chi connectivity index (χ0v) is 13.5. The van der Waals surface area contributed by atoms with E-state index in [-0.39, 0.29) is 24.4 Å². The van der Waals surface area contributed by atoms with Crippen molar-refractivity contribution in [3.63, 3.8) is 0 Å². The predicted octanol–water partition coefficient (Wildman–Crippen LogP) is 2.01. The summed E-state index contributed by atoms with van der Waals surface area (Å²) in [5.74, 6) is -0.635. The molecular formula is C16H25NO5. The Balaban J connectivity index is 2.54. The summed E-state index contributed by atoms with van der Waals surface area (Å²) in [6.45, 7) is 6.47. The first kappa shape index (κ1) is 18.4. The molecule has 1 aliphatic heterocycles. The first-order chi connectivity index (χ1) is 10.5. The minimum Gasteiger partial charge on any atom is -0.462 e. The van der Waals surface area contributed by atoms with Crippen LogP contribution in [-0.4, -0.2) is 42.1 Å². The molecule has 2 atom stereocenters. The summed E-state index contributed by atoms with van der Waals surface area (Å²) in [5, 5.41) is 9.72. The van der Waals surface area contributed by atoms with Crippen molar-refractivity contribution in [2.24, 2.45) is 10.9 Å². The highest BCUT2D eigenvalue weighted by atomic mass is 16.5. The molecule has 6 nitrogen and oxygen atoms in total. The van der Waals surface area contributed by atoms with E-state index in [0.29, 0.717) is 12.5 Å². The molecule has 124 valence electrons. The van der Waals surface area contributed by atoms with Crippen molar-refractivity contribution in [3.8, 4) is 0 Å². The standard InChI is InChI=1S/C16H25NO5/c1-4-11(3)7-6-8-22-16(20)14-10-12(18)9-13(17-14)15(19)21-5-2/h10-12,18H,4-9H2,1-3H3. The molecule has 0 radical (unpaired) electrons. The summed E-state index contributed by atoms with van der Waals surface area (Å²) < 4.78 is 9.97. The molecule has 1 N–H and O–H groups in total. The van der Waals surface area contributed by atoms with Crippen molar-refractivity contribution >= 4 is 17.7 Å². The van der Waals surface area contributed by atoms with Gasteiger partial charge in [-0.2, -0.15) is 0 Å². The number of hydrogen-bond donors (Lipinski definition) is 1. The molecule has 6 heteroatoms. The molecule has 0 aliphatic carbocycles. The van der Waals surface area contributed by atoms with Gasteiger partial charge in [0.25, 0.3) is 0 Å². The van der Waals surface area contributed by atoms with Crippen LogP contribution < -0.4 is 0 Å². The highest BCUT2D eigenvalue weighted by Gasteiger charge is 2.25. The average molecular weight is 311 g/mol. The predicted molar refractivity (Wildman–Crippen MR) is 82.4 cm³/mol. The van der Waals surface area contributed by atoms with Gasteiger partial charge in [0, 0.05) is 6.42 Å². The summed E-state index contributed by atoms with van der Waals surface area (Å²) in [4.78, 5) is 27.5. The van der Waals surface area contributed by atoms with Crippen molar-refractivity contribution < 1.29 is 24.2 Å². The minimum atomic E-state index is -0.931. The SMILES string of the molecule is CCOC(=O)C1=NC(C(=O)OCCCC(C)CC)=CC(O)C1. The lowest BCUT2D eigenvalue weighted by molar-refractivity contribution is -0.139. The highest BCUT2D eigenvalue weighted by Crippen LogP contribution is 2.15. The van der Waals surface area contributed by atoms with E-state index in [2.05, 4.69) is 18.8 Å². The van der Waals surface area contributed by atoms with E-state index in [4.69, 9.17) is 9.47 Å². The Morgan fingerprint density at radius 2 is 2.09 bits per heavy atom. The average Bonchev–Trinajstić information content (AvgIpc) is 2.50. The summed E-state index contributed by atoms with van der Waals surface area (Å²) in [6, 6.07) is 0. The van der Waals surface area contributed by atoms with Crippen molar-refractivity contribution in [2.45, 2.75) is 52.6 Å². The fourth-order valence-corrected chi connectivity index (χ4v) is 2.00. The third kappa shape index (κ3) is 5.97. The lowest BCUT2D eigenvalue weighted by Gasteiger charge is -2.15. The molecule has 0 aromatic rings. The van der Waals surface area contributed by atoms with Crippen molar-refractivity contribution in [2.75, 3.05) is 13.2 Å². The molecule has 1 rings (SSSR count). The van der Waals surface area contributed by atoms with Crippen molar-refractivity contribution in [1.82, 2.24) is 0 Å². The number of aliphatic hydroxyl groups is 1. The third-order valence-corrected chi connectivity index (χ3v) is 3.50. The van der Waals surface area contributed by atoms with E-state index >= 15 is 0 Å². The fourth-order valence-electron chi connectivity index (χ4n) is 2.00. The van der Waals surface area contributed by atoms with Crippen LogP contribution in [0.1, 0.15) is 46.5 Å². The Bertz CT molecular complexity index is 455. The van der Waals surface area contributed by atoms with E-state index in [0.717, 1.165) is 19.3 Å². The second-order valence-corrected chi connectivity index (χ2v) is 5.39. The Kier molecular flexibility index (Phi) is 7.80. The molecule has 0 amide bonds. The van der Waals surface area contributed by atoms with Crippen LogP contribution in [0, 0.1) is 5.92 Å². The molecule has 0 saturated carbocycles. The molecule has 1 aliphatic rings. The lowest BCUT2D eigenvalue weighted by Crippen LogP contribution is -2.27. The topological polar surface area (TPSA) is 85.2 Å². The maximum atomic E-state index is 11.9. The number of aliphatic hydroxyl groups excluding tert-OH is 1. The molecule has 0 bridgehead atoms. The molecule has 0 aromatic carbocycles. The molecular weight excluding hydrogens is 286 g/mol. The maximum Gasteiger partial charge on any atom is 0.356 e. The quantitative estimate of drug-likeness (QED) is 0.547. The number of carbonyl (C=O) groups is 2. The normalized spacial score (nSPS) is 19.0. The van der Waals surface area contributed by atoms with E-state index < -0.39 is 18.0 Å². The van der Waals surface area contributed by atoms with E-state index in [1.54, 1.807) is 6.92 Å².